The summed E-state index contributed by atoms with van der Waals surface area (Å²) in [6.07, 6.45) is 0. The molecule has 0 radical (unpaired) electrons. The number of ether oxygens (including phenoxy) is 1. The number of benzene rings is 1. The maximum Gasteiger partial charge on any atom is 0.340 e. The minimum Gasteiger partial charge on any atom is -0.465 e. The van der Waals surface area contributed by atoms with E-state index in [4.69, 9.17) is 0 Å². The van der Waals surface area contributed by atoms with Crippen LogP contribution < -0.4 is 5.32 Å². The zero-order valence-corrected chi connectivity index (χ0v) is 10.9. The van der Waals surface area contributed by atoms with E-state index in [0.29, 0.717) is 12.6 Å². The molecule has 0 unspecified atom stereocenters. The van der Waals surface area contributed by atoms with E-state index in [2.05, 4.69) is 10.1 Å². The first-order valence-electron chi connectivity index (χ1n) is 5.44. The third-order valence-electron chi connectivity index (χ3n) is 2.53. The molecular formula is C13H11F2NO2S. The Morgan fingerprint density at radius 3 is 2.79 bits per heavy atom. The Labute approximate surface area is 112 Å². The Bertz CT molecular complexity index is 585. The number of rotatable bonds is 4. The van der Waals surface area contributed by atoms with Crippen LogP contribution in [-0.4, -0.2) is 13.1 Å². The lowest BCUT2D eigenvalue weighted by atomic mass is 10.1. The van der Waals surface area contributed by atoms with Gasteiger partial charge in [0.05, 0.1) is 18.4 Å². The van der Waals surface area contributed by atoms with Gasteiger partial charge in [-0.25, -0.2) is 13.6 Å². The monoisotopic (exact) mass is 283 g/mol. The van der Waals surface area contributed by atoms with Gasteiger partial charge in [0.25, 0.3) is 0 Å². The highest BCUT2D eigenvalue weighted by Crippen LogP contribution is 2.21. The molecule has 0 atom stereocenters. The molecule has 0 saturated carbocycles. The number of anilines is 1. The summed E-state index contributed by atoms with van der Waals surface area (Å²) in [5.41, 5.74) is 0.748. The van der Waals surface area contributed by atoms with Crippen LogP contribution in [0.3, 0.4) is 0 Å². The van der Waals surface area contributed by atoms with Crippen molar-refractivity contribution in [2.24, 2.45) is 0 Å². The van der Waals surface area contributed by atoms with Gasteiger partial charge < -0.3 is 10.1 Å². The first-order valence-corrected chi connectivity index (χ1v) is 6.38. The van der Waals surface area contributed by atoms with Crippen LogP contribution >= 0.6 is 11.3 Å². The summed E-state index contributed by atoms with van der Waals surface area (Å²) in [7, 11) is 1.14. The fourth-order valence-corrected chi connectivity index (χ4v) is 2.21. The Balaban J connectivity index is 2.22. The van der Waals surface area contributed by atoms with E-state index in [9.17, 15) is 13.6 Å². The second-order valence-corrected chi connectivity index (χ2v) is 4.57. The van der Waals surface area contributed by atoms with Crippen molar-refractivity contribution in [2.45, 2.75) is 6.54 Å². The van der Waals surface area contributed by atoms with Crippen LogP contribution in [0, 0.1) is 11.6 Å². The number of carbonyl (C=O) groups is 1. The van der Waals surface area contributed by atoms with Gasteiger partial charge >= 0.3 is 5.97 Å². The molecule has 0 fully saturated rings. The Morgan fingerprint density at radius 2 is 2.16 bits per heavy atom. The van der Waals surface area contributed by atoms with Gasteiger partial charge in [-0.1, -0.05) is 0 Å². The molecule has 100 valence electrons. The van der Waals surface area contributed by atoms with Crippen molar-refractivity contribution in [3.8, 4) is 0 Å². The van der Waals surface area contributed by atoms with E-state index in [1.54, 1.807) is 0 Å². The number of hydrogen-bond acceptors (Lipinski definition) is 4. The van der Waals surface area contributed by atoms with Crippen molar-refractivity contribution in [3.63, 3.8) is 0 Å². The highest BCUT2D eigenvalue weighted by Gasteiger charge is 2.16. The molecule has 1 aromatic heterocycles. The largest absolute Gasteiger partial charge is 0.465 e. The zero-order valence-electron chi connectivity index (χ0n) is 10.1. The first kappa shape index (κ1) is 13.5. The van der Waals surface area contributed by atoms with Crippen molar-refractivity contribution < 1.29 is 18.3 Å². The van der Waals surface area contributed by atoms with Crippen molar-refractivity contribution in [2.75, 3.05) is 12.4 Å². The molecular weight excluding hydrogens is 272 g/mol. The second kappa shape index (κ2) is 5.79. The number of esters is 1. The minimum atomic E-state index is -0.939. The molecule has 6 heteroatoms. The second-order valence-electron chi connectivity index (χ2n) is 3.79. The van der Waals surface area contributed by atoms with Crippen LogP contribution in [0.2, 0.25) is 0 Å². The number of nitrogens with one attached hydrogen (secondary N) is 1. The Kier molecular flexibility index (Phi) is 4.11. The van der Waals surface area contributed by atoms with E-state index in [1.807, 2.05) is 16.8 Å². The minimum absolute atomic E-state index is 0.0630. The predicted octanol–water partition coefficient (Wildman–Crippen LogP) is 3.43. The van der Waals surface area contributed by atoms with Crippen molar-refractivity contribution in [1.82, 2.24) is 0 Å². The summed E-state index contributed by atoms with van der Waals surface area (Å²) < 4.78 is 31.4. The first-order chi connectivity index (χ1) is 9.11. The highest BCUT2D eigenvalue weighted by atomic mass is 32.1. The Morgan fingerprint density at radius 1 is 1.37 bits per heavy atom. The van der Waals surface area contributed by atoms with Crippen LogP contribution in [0.15, 0.2) is 29.0 Å². The average molecular weight is 283 g/mol. The molecule has 1 heterocycles. The molecule has 0 aliphatic carbocycles. The lowest BCUT2D eigenvalue weighted by molar-refractivity contribution is 0.0595. The van der Waals surface area contributed by atoms with E-state index in [0.717, 1.165) is 18.7 Å². The highest BCUT2D eigenvalue weighted by molar-refractivity contribution is 7.07. The van der Waals surface area contributed by atoms with Crippen LogP contribution in [0.1, 0.15) is 15.9 Å². The molecule has 0 aliphatic rings. The lowest BCUT2D eigenvalue weighted by Crippen LogP contribution is -2.08. The van der Waals surface area contributed by atoms with Crippen molar-refractivity contribution in [1.29, 1.82) is 0 Å². The molecule has 2 rings (SSSR count). The molecule has 0 saturated heterocycles. The maximum atomic E-state index is 13.6. The molecule has 1 N–H and O–H groups in total. The van der Waals surface area contributed by atoms with Gasteiger partial charge in [0.1, 0.15) is 11.6 Å². The molecule has 0 aliphatic heterocycles. The lowest BCUT2D eigenvalue weighted by Gasteiger charge is -2.09. The summed E-state index contributed by atoms with van der Waals surface area (Å²) in [6, 6.07) is 3.67. The number of thiophene rings is 1. The predicted molar refractivity (Wildman–Crippen MR) is 69.3 cm³/mol. The number of methoxy groups -OCH3 is 1. The van der Waals surface area contributed by atoms with E-state index < -0.39 is 17.6 Å². The molecule has 2 aromatic rings. The zero-order chi connectivity index (χ0) is 13.8. The van der Waals surface area contributed by atoms with Crippen molar-refractivity contribution in [3.05, 3.63) is 51.7 Å². The van der Waals surface area contributed by atoms with E-state index >= 15 is 0 Å². The fraction of sp³-hybridized carbons (Fsp3) is 0.154. The summed E-state index contributed by atoms with van der Waals surface area (Å²) in [5, 5.41) is 6.63. The number of carbonyl (C=O) groups excluding carboxylic acids is 1. The van der Waals surface area contributed by atoms with Gasteiger partial charge in [-0.2, -0.15) is 11.3 Å². The van der Waals surface area contributed by atoms with Gasteiger partial charge in [-0.15, -0.1) is 0 Å². The molecule has 0 spiro atoms. The normalized spacial score (nSPS) is 10.3. The van der Waals surface area contributed by atoms with Crippen LogP contribution in [0.25, 0.3) is 0 Å². The summed E-state index contributed by atoms with van der Waals surface area (Å²) in [5.74, 6) is -2.53. The number of halogens is 2. The SMILES string of the molecule is COC(=O)c1cc(NCc2ccsc2)c(F)cc1F. The van der Waals surface area contributed by atoms with Crippen LogP contribution in [-0.2, 0) is 11.3 Å². The molecule has 3 nitrogen and oxygen atoms in total. The van der Waals surface area contributed by atoms with Gasteiger partial charge in [0.15, 0.2) is 0 Å². The van der Waals surface area contributed by atoms with Gasteiger partial charge in [0, 0.05) is 12.6 Å². The molecule has 0 bridgehead atoms. The van der Waals surface area contributed by atoms with Gasteiger partial charge in [-0.3, -0.25) is 0 Å². The number of hydrogen-bond donors (Lipinski definition) is 1. The quantitative estimate of drug-likeness (QED) is 0.874. The fourth-order valence-electron chi connectivity index (χ4n) is 1.54. The third-order valence-corrected chi connectivity index (χ3v) is 3.26. The summed E-state index contributed by atoms with van der Waals surface area (Å²) in [6.45, 7) is 0.396. The van der Waals surface area contributed by atoms with Crippen LogP contribution in [0.4, 0.5) is 14.5 Å². The van der Waals surface area contributed by atoms with E-state index in [1.165, 1.54) is 11.3 Å². The molecule has 1 aromatic carbocycles. The van der Waals surface area contributed by atoms with Gasteiger partial charge in [0.2, 0.25) is 0 Å². The topological polar surface area (TPSA) is 38.3 Å². The smallest absolute Gasteiger partial charge is 0.340 e. The molecule has 0 amide bonds. The standard InChI is InChI=1S/C13H11F2NO2S/c1-18-13(17)9-4-12(11(15)5-10(9)14)16-6-8-2-3-19-7-8/h2-5,7,16H,6H2,1H3. The summed E-state index contributed by atoms with van der Waals surface area (Å²) in [4.78, 5) is 11.3. The molecule has 19 heavy (non-hydrogen) atoms. The maximum absolute atomic E-state index is 13.6. The van der Waals surface area contributed by atoms with Crippen LogP contribution in [0.5, 0.6) is 0 Å². The van der Waals surface area contributed by atoms with E-state index in [-0.39, 0.29) is 11.3 Å². The van der Waals surface area contributed by atoms with Crippen molar-refractivity contribution >= 4 is 23.0 Å². The summed E-state index contributed by atoms with van der Waals surface area (Å²) >= 11 is 1.53. The average Bonchev–Trinajstić information content (AvgIpc) is 2.90. The third kappa shape index (κ3) is 3.08. The van der Waals surface area contributed by atoms with Gasteiger partial charge in [-0.05, 0) is 28.5 Å². The Hall–Kier alpha value is -1.95.